The molecule has 0 radical (unpaired) electrons. The van der Waals surface area contributed by atoms with Crippen molar-refractivity contribution in [2.24, 2.45) is 11.8 Å². The van der Waals surface area contributed by atoms with Gasteiger partial charge in [-0.25, -0.2) is 13.9 Å². The van der Waals surface area contributed by atoms with Gasteiger partial charge in [-0.2, -0.15) is 4.31 Å². The average molecular weight is 436 g/mol. The van der Waals surface area contributed by atoms with Crippen LogP contribution in [0, 0.1) is 11.8 Å². The molecule has 30 heavy (non-hydrogen) atoms. The Labute approximate surface area is 179 Å². The molecule has 1 amide bonds. The largest absolute Gasteiger partial charge is 0.385 e. The number of carbonyl (C=O) groups excluding carboxylic acids is 1. The third-order valence-corrected chi connectivity index (χ3v) is 6.74. The number of rotatable bonds is 11. The molecule has 0 saturated heterocycles. The van der Waals surface area contributed by atoms with Crippen molar-refractivity contribution in [2.75, 3.05) is 25.0 Å². The van der Waals surface area contributed by atoms with Crippen LogP contribution in [-0.4, -0.2) is 43.5 Å². The van der Waals surface area contributed by atoms with Crippen molar-refractivity contribution in [3.63, 3.8) is 0 Å². The molecule has 0 aliphatic heterocycles. The first kappa shape index (κ1) is 24.1. The van der Waals surface area contributed by atoms with Gasteiger partial charge in [0.05, 0.1) is 11.4 Å². The minimum Gasteiger partial charge on any atom is -0.385 e. The lowest BCUT2D eigenvalue weighted by Gasteiger charge is -2.22. The predicted molar refractivity (Wildman–Crippen MR) is 120 cm³/mol. The number of hydroxylamine groups is 1. The van der Waals surface area contributed by atoms with Gasteiger partial charge in [0.25, 0.3) is 5.91 Å². The highest BCUT2D eigenvalue weighted by atomic mass is 32.2. The third kappa shape index (κ3) is 6.68. The Balaban J connectivity index is 2.32. The second-order valence-electron chi connectivity index (χ2n) is 8.39. The van der Waals surface area contributed by atoms with Crippen LogP contribution in [0.3, 0.4) is 0 Å². The first-order chi connectivity index (χ1) is 14.1. The van der Waals surface area contributed by atoms with Crippen molar-refractivity contribution < 1.29 is 18.4 Å². The number of carbonyl (C=O) groups is 1. The van der Waals surface area contributed by atoms with Crippen LogP contribution in [0.5, 0.6) is 0 Å². The molecule has 3 N–H and O–H groups in total. The Bertz CT molecular complexity index is 958. The molecule has 0 bridgehead atoms. The zero-order valence-corrected chi connectivity index (χ0v) is 19.0. The molecule has 0 aliphatic rings. The number of hydrogen-bond donors (Lipinski definition) is 3. The molecule has 0 heterocycles. The first-order valence-electron chi connectivity index (χ1n) is 10.3. The van der Waals surface area contributed by atoms with Crippen LogP contribution in [0.2, 0.25) is 0 Å². The molecule has 0 saturated carbocycles. The number of nitrogens with one attached hydrogen (secondary N) is 2. The Hall–Kier alpha value is -2.16. The number of fused-ring (bicyclic) bond motifs is 1. The van der Waals surface area contributed by atoms with Gasteiger partial charge in [0.1, 0.15) is 0 Å². The van der Waals surface area contributed by atoms with Crippen LogP contribution >= 0.6 is 0 Å². The van der Waals surface area contributed by atoms with Crippen molar-refractivity contribution in [1.29, 1.82) is 0 Å². The maximum atomic E-state index is 13.2. The van der Waals surface area contributed by atoms with E-state index in [1.807, 2.05) is 32.0 Å². The normalized spacial score (nSPS) is 12.1. The summed E-state index contributed by atoms with van der Waals surface area (Å²) in [5, 5.41) is 14.0. The van der Waals surface area contributed by atoms with E-state index in [1.165, 1.54) is 5.48 Å². The quantitative estimate of drug-likeness (QED) is 0.368. The van der Waals surface area contributed by atoms with Gasteiger partial charge in [-0.05, 0) is 59.7 Å². The summed E-state index contributed by atoms with van der Waals surface area (Å²) in [6, 6.07) is 10.8. The maximum absolute atomic E-state index is 13.2. The summed E-state index contributed by atoms with van der Waals surface area (Å²) in [5.41, 5.74) is 2.46. The highest BCUT2D eigenvalue weighted by Gasteiger charge is 2.26. The van der Waals surface area contributed by atoms with E-state index in [-0.39, 0.29) is 17.4 Å². The fraction of sp³-hybridized carbons (Fsp3) is 0.500. The minimum atomic E-state index is -3.89. The van der Waals surface area contributed by atoms with Crippen LogP contribution in [0.1, 0.15) is 40.5 Å². The van der Waals surface area contributed by atoms with E-state index in [0.29, 0.717) is 12.3 Å². The zero-order chi connectivity index (χ0) is 22.3. The molecule has 2 aromatic rings. The fourth-order valence-corrected chi connectivity index (χ4v) is 4.48. The summed E-state index contributed by atoms with van der Waals surface area (Å²) in [7, 11) is -3.89. The van der Waals surface area contributed by atoms with Crippen LogP contribution in [-0.2, 0) is 14.8 Å². The Morgan fingerprint density at radius 1 is 1.00 bits per heavy atom. The summed E-state index contributed by atoms with van der Waals surface area (Å²) >= 11 is 0. The summed E-state index contributed by atoms with van der Waals surface area (Å²) in [6.45, 7) is 8.92. The van der Waals surface area contributed by atoms with E-state index >= 15 is 0 Å². The number of anilines is 1. The molecule has 0 spiro atoms. The number of hydrogen-bond acceptors (Lipinski definition) is 5. The second-order valence-corrected chi connectivity index (χ2v) is 10.3. The summed E-state index contributed by atoms with van der Waals surface area (Å²) in [6.07, 6.45) is 1.65. The highest BCUT2D eigenvalue weighted by molar-refractivity contribution is 7.89. The third-order valence-electron chi connectivity index (χ3n) is 4.90. The summed E-state index contributed by atoms with van der Waals surface area (Å²) in [5.74, 6) is 0.110. The average Bonchev–Trinajstić information content (AvgIpc) is 2.69. The minimum absolute atomic E-state index is 0.129. The van der Waals surface area contributed by atoms with Gasteiger partial charge in [0.2, 0.25) is 10.0 Å². The zero-order valence-electron chi connectivity index (χ0n) is 18.2. The van der Waals surface area contributed by atoms with E-state index in [2.05, 4.69) is 19.2 Å². The van der Waals surface area contributed by atoms with E-state index in [9.17, 15) is 13.2 Å². The molecule has 0 aromatic heterocycles. The molecule has 0 atom stereocenters. The van der Waals surface area contributed by atoms with Gasteiger partial charge in [0, 0.05) is 18.8 Å². The lowest BCUT2D eigenvalue weighted by molar-refractivity contribution is -0.129. The monoisotopic (exact) mass is 435 g/mol. The SMILES string of the molecule is CC(C)CCNc1ccc2ccc(S(=O)(=O)N(CCC(C)C)CC(=O)NO)cc2c1. The predicted octanol–water partition coefficient (Wildman–Crippen LogP) is 3.84. The number of sulfonamides is 1. The Kier molecular flexibility index (Phi) is 8.64. The van der Waals surface area contributed by atoms with Gasteiger partial charge in [-0.1, -0.05) is 39.8 Å². The van der Waals surface area contributed by atoms with Crippen LogP contribution in [0.4, 0.5) is 5.69 Å². The Morgan fingerprint density at radius 2 is 1.67 bits per heavy atom. The molecule has 2 rings (SSSR count). The maximum Gasteiger partial charge on any atom is 0.258 e. The number of benzene rings is 2. The van der Waals surface area contributed by atoms with Gasteiger partial charge in [-0.15, -0.1) is 0 Å². The molecule has 0 fully saturated rings. The number of nitrogens with zero attached hydrogens (tertiary/aromatic N) is 1. The number of amides is 1. The summed E-state index contributed by atoms with van der Waals surface area (Å²) < 4.78 is 27.6. The first-order valence-corrected chi connectivity index (χ1v) is 11.8. The van der Waals surface area contributed by atoms with Crippen LogP contribution < -0.4 is 10.8 Å². The lowest BCUT2D eigenvalue weighted by atomic mass is 10.1. The van der Waals surface area contributed by atoms with Gasteiger partial charge >= 0.3 is 0 Å². The molecule has 0 aliphatic carbocycles. The molecule has 2 aromatic carbocycles. The molecule has 7 nitrogen and oxygen atoms in total. The van der Waals surface area contributed by atoms with E-state index < -0.39 is 22.5 Å². The van der Waals surface area contributed by atoms with Gasteiger partial charge in [-0.3, -0.25) is 10.0 Å². The van der Waals surface area contributed by atoms with E-state index in [4.69, 9.17) is 5.21 Å². The molecular weight excluding hydrogens is 402 g/mol. The van der Waals surface area contributed by atoms with Crippen molar-refractivity contribution in [3.8, 4) is 0 Å². The topological polar surface area (TPSA) is 98.7 Å². The second kappa shape index (κ2) is 10.7. The highest BCUT2D eigenvalue weighted by Crippen LogP contribution is 2.25. The standard InChI is InChI=1S/C22H33N3O4S/c1-16(2)9-11-23-20-7-5-18-6-8-21(14-19(18)13-20)30(28,29)25(12-10-17(3)4)15-22(26)24-27/h5-8,13-14,16-17,23,27H,9-12,15H2,1-4H3,(H,24,26). The van der Waals surface area contributed by atoms with Crippen LogP contribution in [0.15, 0.2) is 41.3 Å². The molecular formula is C22H33N3O4S. The van der Waals surface area contributed by atoms with Crippen molar-refractivity contribution in [2.45, 2.75) is 45.4 Å². The van der Waals surface area contributed by atoms with Crippen molar-refractivity contribution >= 4 is 32.4 Å². The molecule has 8 heteroatoms. The lowest BCUT2D eigenvalue weighted by Crippen LogP contribution is -2.40. The smallest absolute Gasteiger partial charge is 0.258 e. The van der Waals surface area contributed by atoms with Gasteiger partial charge < -0.3 is 5.32 Å². The fourth-order valence-electron chi connectivity index (χ4n) is 3.03. The Morgan fingerprint density at radius 3 is 2.30 bits per heavy atom. The van der Waals surface area contributed by atoms with Crippen LogP contribution in [0.25, 0.3) is 10.8 Å². The molecule has 166 valence electrons. The van der Waals surface area contributed by atoms with Crippen molar-refractivity contribution in [1.82, 2.24) is 9.79 Å². The molecule has 0 unspecified atom stereocenters. The van der Waals surface area contributed by atoms with Crippen molar-refractivity contribution in [3.05, 3.63) is 36.4 Å². The van der Waals surface area contributed by atoms with E-state index in [1.54, 1.807) is 18.2 Å². The van der Waals surface area contributed by atoms with E-state index in [0.717, 1.165) is 33.7 Å². The van der Waals surface area contributed by atoms with Gasteiger partial charge in [0.15, 0.2) is 0 Å². The summed E-state index contributed by atoms with van der Waals surface area (Å²) in [4.78, 5) is 11.8.